The molecule has 1 fully saturated rings. The Kier molecular flexibility index (Phi) is 7.18. The highest BCUT2D eigenvalue weighted by Gasteiger charge is 2.32. The Morgan fingerprint density at radius 1 is 1.15 bits per heavy atom. The molecule has 3 heterocycles. The van der Waals surface area contributed by atoms with Crippen molar-refractivity contribution in [1.29, 1.82) is 0 Å². The fraction of sp³-hybridized carbons (Fsp3) is 0.567. The summed E-state index contributed by atoms with van der Waals surface area (Å²) in [6.07, 6.45) is 2.65. The number of benzene rings is 1. The van der Waals surface area contributed by atoms with E-state index < -0.39 is 17.5 Å². The van der Waals surface area contributed by atoms with Crippen LogP contribution in [0.25, 0.3) is 22.3 Å². The number of aromatic nitrogens is 3. The third-order valence-electron chi connectivity index (χ3n) is 8.17. The Hall–Kier alpha value is -3.40. The molecule has 9 nitrogen and oxygen atoms in total. The molecule has 1 atom stereocenters. The Bertz CT molecular complexity index is 1430. The van der Waals surface area contributed by atoms with Gasteiger partial charge >= 0.3 is 6.09 Å². The van der Waals surface area contributed by atoms with Gasteiger partial charge in [-0.05, 0) is 70.6 Å². The molecule has 5 rings (SSSR count). The number of nitrogens with zero attached hydrogens (tertiary/aromatic N) is 4. The van der Waals surface area contributed by atoms with E-state index in [0.717, 1.165) is 41.6 Å². The van der Waals surface area contributed by atoms with Crippen LogP contribution in [-0.4, -0.2) is 81.9 Å². The second-order valence-corrected chi connectivity index (χ2v) is 13.0. The molecule has 1 aliphatic carbocycles. The fourth-order valence-corrected chi connectivity index (χ4v) is 5.77. The maximum Gasteiger partial charge on any atom is 0.410 e. The van der Waals surface area contributed by atoms with E-state index in [2.05, 4.69) is 29.0 Å². The van der Waals surface area contributed by atoms with Crippen LogP contribution in [0.1, 0.15) is 59.2 Å². The average molecular weight is 553 g/mol. The van der Waals surface area contributed by atoms with Crippen LogP contribution >= 0.6 is 0 Å². The highest BCUT2D eigenvalue weighted by atomic mass is 19.1. The minimum absolute atomic E-state index is 0.209. The third-order valence-corrected chi connectivity index (χ3v) is 8.17. The number of likely N-dealkylation sites (N-methyl/N-ethyl adjacent to an activating group) is 1. The summed E-state index contributed by atoms with van der Waals surface area (Å²) in [4.78, 5) is 34.3. The van der Waals surface area contributed by atoms with Crippen molar-refractivity contribution >= 4 is 28.6 Å². The van der Waals surface area contributed by atoms with Crippen LogP contribution < -0.4 is 4.90 Å². The summed E-state index contributed by atoms with van der Waals surface area (Å²) in [5, 5.41) is 8.54. The number of anilines is 1. The zero-order valence-corrected chi connectivity index (χ0v) is 24.7. The summed E-state index contributed by atoms with van der Waals surface area (Å²) >= 11 is 0. The highest BCUT2D eigenvalue weighted by molar-refractivity contribution is 5.99. The molecule has 216 valence electrons. The van der Waals surface area contributed by atoms with E-state index in [4.69, 9.17) is 4.74 Å². The van der Waals surface area contributed by atoms with Crippen molar-refractivity contribution in [3.63, 3.8) is 0 Å². The number of halogens is 1. The van der Waals surface area contributed by atoms with Crippen LogP contribution in [0.2, 0.25) is 0 Å². The summed E-state index contributed by atoms with van der Waals surface area (Å²) in [6.45, 7) is 13.9. The molecule has 10 heteroatoms. The van der Waals surface area contributed by atoms with Gasteiger partial charge in [0, 0.05) is 55.4 Å². The second kappa shape index (κ2) is 10.2. The van der Waals surface area contributed by atoms with Gasteiger partial charge in [-0.15, -0.1) is 0 Å². The molecule has 0 bridgehead atoms. The molecule has 1 aromatic carbocycles. The molecular formula is C30H41FN6O3. The number of aromatic amines is 2. The molecule has 0 radical (unpaired) electrons. The molecule has 2 aliphatic rings. The number of hydrogen-bond acceptors (Lipinski definition) is 5. The number of rotatable bonds is 4. The largest absolute Gasteiger partial charge is 0.444 e. The van der Waals surface area contributed by atoms with Gasteiger partial charge in [-0.2, -0.15) is 5.10 Å². The quantitative estimate of drug-likeness (QED) is 0.469. The van der Waals surface area contributed by atoms with Crippen molar-refractivity contribution in [2.24, 2.45) is 5.41 Å². The van der Waals surface area contributed by atoms with Crippen molar-refractivity contribution in [3.05, 3.63) is 35.3 Å². The van der Waals surface area contributed by atoms with Gasteiger partial charge in [0.25, 0.3) is 0 Å². The summed E-state index contributed by atoms with van der Waals surface area (Å²) in [6, 6.07) is 4.62. The second-order valence-electron chi connectivity index (χ2n) is 13.0. The van der Waals surface area contributed by atoms with E-state index >= 15 is 4.39 Å². The Morgan fingerprint density at radius 3 is 2.52 bits per heavy atom. The Balaban J connectivity index is 1.29. The van der Waals surface area contributed by atoms with Crippen molar-refractivity contribution in [2.45, 2.75) is 72.4 Å². The van der Waals surface area contributed by atoms with Crippen LogP contribution in [0.3, 0.4) is 0 Å². The summed E-state index contributed by atoms with van der Waals surface area (Å²) in [5.74, 6) is -0.665. The number of carbonyl (C=O) groups excluding carboxylic acids is 2. The first-order chi connectivity index (χ1) is 18.7. The van der Waals surface area contributed by atoms with Crippen LogP contribution in [0.4, 0.5) is 14.9 Å². The van der Waals surface area contributed by atoms with Crippen molar-refractivity contribution in [1.82, 2.24) is 25.0 Å². The Labute approximate surface area is 235 Å². The number of piperazine rings is 1. The van der Waals surface area contributed by atoms with Gasteiger partial charge < -0.3 is 19.5 Å². The maximum atomic E-state index is 15.3. The number of nitrogens with one attached hydrogen (secondary N) is 2. The fourth-order valence-electron chi connectivity index (χ4n) is 5.77. The maximum absolute atomic E-state index is 15.3. The van der Waals surface area contributed by atoms with Gasteiger partial charge in [0.05, 0.1) is 17.4 Å². The molecular weight excluding hydrogens is 511 g/mol. The minimum atomic E-state index is -0.556. The Morgan fingerprint density at radius 2 is 1.85 bits per heavy atom. The standard InChI is InChI=1S/C30H41FN6O3/c1-18(36-10-12-37(13-11-36)28(39)40-29(2,3)4)27(38)35(7)25-16-22-19(14-21(25)31)15-23(32-22)26-20-8-9-30(5,6)17-24(20)33-34-26/h14-16,18,32H,8-13,17H2,1-7H3,(H,33,34). The molecule has 1 aliphatic heterocycles. The van der Waals surface area contributed by atoms with E-state index in [9.17, 15) is 9.59 Å². The molecule has 1 saturated heterocycles. The van der Waals surface area contributed by atoms with Crippen molar-refractivity contribution in [3.8, 4) is 11.4 Å². The summed E-state index contributed by atoms with van der Waals surface area (Å²) in [5.41, 5.74) is 4.77. The van der Waals surface area contributed by atoms with E-state index in [1.807, 2.05) is 38.7 Å². The number of ether oxygens (including phenoxy) is 1. The SMILES string of the molecule is CC(C(=O)N(C)c1cc2[nH]c(-c3n[nH]c4c3CCC(C)(C)C4)cc2cc1F)N1CCN(C(=O)OC(C)(C)C)CC1. The van der Waals surface area contributed by atoms with E-state index in [-0.39, 0.29) is 23.1 Å². The van der Waals surface area contributed by atoms with Crippen molar-refractivity contribution in [2.75, 3.05) is 38.1 Å². The normalized spacial score (nSPS) is 18.4. The van der Waals surface area contributed by atoms with E-state index in [0.29, 0.717) is 26.2 Å². The first kappa shape index (κ1) is 28.1. The zero-order chi connectivity index (χ0) is 29.0. The first-order valence-electron chi connectivity index (χ1n) is 14.1. The lowest BCUT2D eigenvalue weighted by atomic mass is 9.76. The number of fused-ring (bicyclic) bond motifs is 2. The number of H-pyrrole nitrogens is 2. The van der Waals surface area contributed by atoms with E-state index in [1.54, 1.807) is 18.0 Å². The number of hydrogen-bond donors (Lipinski definition) is 2. The third kappa shape index (κ3) is 5.59. The van der Waals surface area contributed by atoms with Gasteiger partial charge in [0.2, 0.25) is 5.91 Å². The zero-order valence-electron chi connectivity index (χ0n) is 24.7. The highest BCUT2D eigenvalue weighted by Crippen LogP contribution is 2.38. The molecule has 40 heavy (non-hydrogen) atoms. The van der Waals surface area contributed by atoms with Crippen molar-refractivity contribution < 1.29 is 18.7 Å². The molecule has 0 spiro atoms. The summed E-state index contributed by atoms with van der Waals surface area (Å²) in [7, 11) is 1.61. The lowest BCUT2D eigenvalue weighted by Gasteiger charge is -2.38. The van der Waals surface area contributed by atoms with Gasteiger partial charge in [-0.3, -0.25) is 14.8 Å². The predicted octanol–water partition coefficient (Wildman–Crippen LogP) is 5.12. The lowest BCUT2D eigenvalue weighted by molar-refractivity contribution is -0.123. The van der Waals surface area contributed by atoms with E-state index in [1.165, 1.54) is 22.2 Å². The first-order valence-corrected chi connectivity index (χ1v) is 14.1. The van der Waals surface area contributed by atoms with Gasteiger partial charge in [0.1, 0.15) is 17.1 Å². The predicted molar refractivity (Wildman–Crippen MR) is 154 cm³/mol. The topological polar surface area (TPSA) is 97.6 Å². The van der Waals surface area contributed by atoms with Gasteiger partial charge in [-0.1, -0.05) is 13.8 Å². The molecule has 3 aromatic rings. The molecule has 1 unspecified atom stereocenters. The smallest absolute Gasteiger partial charge is 0.410 e. The van der Waals surface area contributed by atoms with Crippen LogP contribution in [0.5, 0.6) is 0 Å². The molecule has 2 N–H and O–H groups in total. The molecule has 0 saturated carbocycles. The van der Waals surface area contributed by atoms with Crippen LogP contribution in [0, 0.1) is 11.2 Å². The average Bonchev–Trinajstić information content (AvgIpc) is 3.48. The monoisotopic (exact) mass is 552 g/mol. The molecule has 2 amide bonds. The minimum Gasteiger partial charge on any atom is -0.444 e. The lowest BCUT2D eigenvalue weighted by Crippen LogP contribution is -2.55. The summed E-state index contributed by atoms with van der Waals surface area (Å²) < 4.78 is 20.8. The number of carbonyl (C=O) groups is 2. The van der Waals surface area contributed by atoms with Gasteiger partial charge in [-0.25, -0.2) is 9.18 Å². The number of amides is 2. The van der Waals surface area contributed by atoms with Crippen LogP contribution in [0.15, 0.2) is 18.2 Å². The van der Waals surface area contributed by atoms with Gasteiger partial charge in [0.15, 0.2) is 0 Å². The molecule has 2 aromatic heterocycles. The van der Waals surface area contributed by atoms with Crippen LogP contribution in [-0.2, 0) is 22.4 Å².